The zero-order chi connectivity index (χ0) is 14.4. The van der Waals surface area contributed by atoms with Crippen LogP contribution in [0, 0.1) is 0 Å². The van der Waals surface area contributed by atoms with Gasteiger partial charge in [-0.3, -0.25) is 0 Å². The molecule has 0 saturated heterocycles. The van der Waals surface area contributed by atoms with Crippen LogP contribution >= 0.6 is 0 Å². The van der Waals surface area contributed by atoms with Crippen LogP contribution in [0.15, 0.2) is 11.5 Å². The van der Waals surface area contributed by atoms with E-state index in [2.05, 4.69) is 0 Å². The quantitative estimate of drug-likeness (QED) is 0.423. The van der Waals surface area contributed by atoms with E-state index in [0.29, 0.717) is 18.1 Å². The summed E-state index contributed by atoms with van der Waals surface area (Å²) in [4.78, 5) is 11.9. The summed E-state index contributed by atoms with van der Waals surface area (Å²) in [5.41, 5.74) is 0.464. The summed E-state index contributed by atoms with van der Waals surface area (Å²) < 4.78 is 17.0. The van der Waals surface area contributed by atoms with Crippen molar-refractivity contribution in [3.05, 3.63) is 11.5 Å². The SMILES string of the molecule is CCOC(=O)C(C)=C(OC1CCCC1)OC1CCCC1. The van der Waals surface area contributed by atoms with Crippen LogP contribution in [0.3, 0.4) is 0 Å². The van der Waals surface area contributed by atoms with Gasteiger partial charge in [-0.15, -0.1) is 0 Å². The fourth-order valence-corrected chi connectivity index (χ4v) is 2.84. The van der Waals surface area contributed by atoms with Gasteiger partial charge in [0, 0.05) is 0 Å². The Hall–Kier alpha value is -1.19. The molecule has 2 fully saturated rings. The number of rotatable bonds is 6. The number of carbonyl (C=O) groups is 1. The molecule has 2 aliphatic carbocycles. The van der Waals surface area contributed by atoms with Crippen LogP contribution in [0.2, 0.25) is 0 Å². The van der Waals surface area contributed by atoms with Crippen LogP contribution in [0.5, 0.6) is 0 Å². The Labute approximate surface area is 121 Å². The third-order valence-corrected chi connectivity index (χ3v) is 4.04. The molecular formula is C16H26O4. The van der Waals surface area contributed by atoms with Crippen molar-refractivity contribution >= 4 is 5.97 Å². The second-order valence-corrected chi connectivity index (χ2v) is 5.68. The maximum atomic E-state index is 11.9. The van der Waals surface area contributed by atoms with Gasteiger partial charge in [0.05, 0.1) is 6.61 Å². The second-order valence-electron chi connectivity index (χ2n) is 5.68. The summed E-state index contributed by atoms with van der Waals surface area (Å²) >= 11 is 0. The van der Waals surface area contributed by atoms with Crippen LogP contribution in [0.4, 0.5) is 0 Å². The fraction of sp³-hybridized carbons (Fsp3) is 0.812. The van der Waals surface area contributed by atoms with E-state index in [9.17, 15) is 4.79 Å². The van der Waals surface area contributed by atoms with E-state index in [0.717, 1.165) is 25.7 Å². The van der Waals surface area contributed by atoms with Crippen molar-refractivity contribution in [3.63, 3.8) is 0 Å². The van der Waals surface area contributed by atoms with Crippen molar-refractivity contribution in [1.82, 2.24) is 0 Å². The average molecular weight is 282 g/mol. The van der Waals surface area contributed by atoms with Gasteiger partial charge in [0.2, 0.25) is 0 Å². The summed E-state index contributed by atoms with van der Waals surface area (Å²) in [5, 5.41) is 0. The van der Waals surface area contributed by atoms with Crippen LogP contribution in [-0.2, 0) is 19.0 Å². The lowest BCUT2D eigenvalue weighted by atomic mass is 10.3. The Morgan fingerprint density at radius 3 is 1.80 bits per heavy atom. The van der Waals surface area contributed by atoms with Gasteiger partial charge in [0.25, 0.3) is 5.95 Å². The molecule has 114 valence electrons. The van der Waals surface area contributed by atoms with E-state index in [1.54, 1.807) is 13.8 Å². The minimum absolute atomic E-state index is 0.191. The molecule has 4 nitrogen and oxygen atoms in total. The maximum absolute atomic E-state index is 11.9. The van der Waals surface area contributed by atoms with Crippen molar-refractivity contribution in [2.24, 2.45) is 0 Å². The molecule has 0 aromatic heterocycles. The first-order chi connectivity index (χ1) is 9.70. The maximum Gasteiger partial charge on any atom is 0.340 e. The van der Waals surface area contributed by atoms with E-state index in [4.69, 9.17) is 14.2 Å². The van der Waals surface area contributed by atoms with Crippen molar-refractivity contribution < 1.29 is 19.0 Å². The van der Waals surface area contributed by atoms with Gasteiger partial charge in [-0.2, -0.15) is 0 Å². The molecule has 0 aliphatic heterocycles. The fourth-order valence-electron chi connectivity index (χ4n) is 2.84. The monoisotopic (exact) mass is 282 g/mol. The van der Waals surface area contributed by atoms with Crippen LogP contribution in [0.25, 0.3) is 0 Å². The molecule has 0 heterocycles. The molecule has 0 amide bonds. The lowest BCUT2D eigenvalue weighted by Crippen LogP contribution is -2.19. The van der Waals surface area contributed by atoms with Gasteiger partial charge in [0.1, 0.15) is 17.8 Å². The Morgan fingerprint density at radius 1 is 0.950 bits per heavy atom. The van der Waals surface area contributed by atoms with Crippen LogP contribution in [-0.4, -0.2) is 24.8 Å². The first-order valence-electron chi connectivity index (χ1n) is 7.92. The summed E-state index contributed by atoms with van der Waals surface area (Å²) in [5.74, 6) is 0.0701. The Balaban J connectivity index is 2.04. The predicted molar refractivity (Wildman–Crippen MR) is 76.0 cm³/mol. The number of esters is 1. The Bertz CT molecular complexity index is 329. The topological polar surface area (TPSA) is 44.8 Å². The lowest BCUT2D eigenvalue weighted by Gasteiger charge is -2.21. The van der Waals surface area contributed by atoms with Gasteiger partial charge in [-0.05, 0) is 65.2 Å². The lowest BCUT2D eigenvalue weighted by molar-refractivity contribution is -0.139. The molecule has 2 saturated carbocycles. The van der Waals surface area contributed by atoms with E-state index < -0.39 is 0 Å². The van der Waals surface area contributed by atoms with Gasteiger partial charge in [-0.1, -0.05) is 0 Å². The van der Waals surface area contributed by atoms with Crippen molar-refractivity contribution in [1.29, 1.82) is 0 Å². The molecule has 0 unspecified atom stereocenters. The molecular weight excluding hydrogens is 256 g/mol. The molecule has 0 bridgehead atoms. The van der Waals surface area contributed by atoms with E-state index >= 15 is 0 Å². The second kappa shape index (κ2) is 7.55. The average Bonchev–Trinajstić information content (AvgIpc) is 3.10. The highest BCUT2D eigenvalue weighted by molar-refractivity contribution is 5.87. The normalized spacial score (nSPS) is 19.9. The first kappa shape index (κ1) is 15.2. The molecule has 4 heteroatoms. The Kier molecular flexibility index (Phi) is 5.74. The zero-order valence-electron chi connectivity index (χ0n) is 12.7. The van der Waals surface area contributed by atoms with Crippen molar-refractivity contribution in [2.45, 2.75) is 77.4 Å². The minimum Gasteiger partial charge on any atom is -0.462 e. The van der Waals surface area contributed by atoms with Gasteiger partial charge >= 0.3 is 5.97 Å². The van der Waals surface area contributed by atoms with Crippen LogP contribution in [0.1, 0.15) is 65.2 Å². The number of carbonyl (C=O) groups excluding carboxylic acids is 1. The summed E-state index contributed by atoms with van der Waals surface area (Å²) in [7, 11) is 0. The summed E-state index contributed by atoms with van der Waals surface area (Å²) in [6.45, 7) is 3.91. The predicted octanol–water partition coefficient (Wildman–Crippen LogP) is 3.70. The molecule has 2 rings (SSSR count). The highest BCUT2D eigenvalue weighted by atomic mass is 16.7. The zero-order valence-corrected chi connectivity index (χ0v) is 12.7. The largest absolute Gasteiger partial charge is 0.462 e. The highest BCUT2D eigenvalue weighted by Crippen LogP contribution is 2.29. The first-order valence-corrected chi connectivity index (χ1v) is 7.92. The minimum atomic E-state index is -0.335. The molecule has 0 N–H and O–H groups in total. The Morgan fingerprint density at radius 2 is 1.40 bits per heavy atom. The molecule has 0 aromatic rings. The number of ether oxygens (including phenoxy) is 3. The van der Waals surface area contributed by atoms with E-state index in [-0.39, 0.29) is 18.2 Å². The smallest absolute Gasteiger partial charge is 0.340 e. The van der Waals surface area contributed by atoms with Gasteiger partial charge < -0.3 is 14.2 Å². The summed E-state index contributed by atoms with van der Waals surface area (Å²) in [6.07, 6.45) is 9.36. The molecule has 0 spiro atoms. The third kappa shape index (κ3) is 4.15. The van der Waals surface area contributed by atoms with Gasteiger partial charge in [0.15, 0.2) is 0 Å². The third-order valence-electron chi connectivity index (χ3n) is 4.04. The molecule has 20 heavy (non-hydrogen) atoms. The van der Waals surface area contributed by atoms with Crippen molar-refractivity contribution in [2.75, 3.05) is 6.61 Å². The summed E-state index contributed by atoms with van der Waals surface area (Å²) in [6, 6.07) is 0. The highest BCUT2D eigenvalue weighted by Gasteiger charge is 2.26. The number of hydrogen-bond acceptors (Lipinski definition) is 4. The standard InChI is InChI=1S/C16H26O4/c1-3-18-15(17)12(2)16(19-13-8-4-5-9-13)20-14-10-6-7-11-14/h13-14H,3-11H2,1-2H3. The van der Waals surface area contributed by atoms with Crippen molar-refractivity contribution in [3.8, 4) is 0 Å². The molecule has 0 radical (unpaired) electrons. The van der Waals surface area contributed by atoms with E-state index in [1.165, 1.54) is 25.7 Å². The van der Waals surface area contributed by atoms with E-state index in [1.807, 2.05) is 0 Å². The molecule has 2 aliphatic rings. The molecule has 0 aromatic carbocycles. The van der Waals surface area contributed by atoms with Crippen LogP contribution < -0.4 is 0 Å². The van der Waals surface area contributed by atoms with Gasteiger partial charge in [-0.25, -0.2) is 4.79 Å². The molecule has 0 atom stereocenters. The number of hydrogen-bond donors (Lipinski definition) is 0.